The third kappa shape index (κ3) is 3.51. The molecule has 0 aliphatic heterocycles. The van der Waals surface area contributed by atoms with Gasteiger partial charge in [-0.3, -0.25) is 0 Å². The highest BCUT2D eigenvalue weighted by molar-refractivity contribution is 5.85. The van der Waals surface area contributed by atoms with Crippen LogP contribution in [0.3, 0.4) is 0 Å². The molecule has 1 heterocycles. The molecule has 2 aromatic rings. The first-order chi connectivity index (χ1) is 7.79. The first kappa shape index (κ1) is 13.6. The summed E-state index contributed by atoms with van der Waals surface area (Å²) in [5.74, 6) is 0.804. The van der Waals surface area contributed by atoms with Gasteiger partial charge in [0, 0.05) is 24.4 Å². The molecule has 90 valence electrons. The van der Waals surface area contributed by atoms with Crippen molar-refractivity contribution in [3.63, 3.8) is 0 Å². The number of halogens is 1. The summed E-state index contributed by atoms with van der Waals surface area (Å²) in [5.41, 5.74) is 8.89. The van der Waals surface area contributed by atoms with E-state index in [1.165, 1.54) is 5.56 Å². The molecule has 0 atom stereocenters. The van der Waals surface area contributed by atoms with Gasteiger partial charge in [0.2, 0.25) is 0 Å². The van der Waals surface area contributed by atoms with E-state index in [4.69, 9.17) is 5.73 Å². The molecular weight excluding hydrogens is 234 g/mol. The van der Waals surface area contributed by atoms with E-state index in [-0.39, 0.29) is 12.4 Å². The molecule has 0 amide bonds. The Labute approximate surface area is 108 Å². The van der Waals surface area contributed by atoms with Gasteiger partial charge in [-0.25, -0.2) is 9.97 Å². The molecule has 0 aliphatic rings. The van der Waals surface area contributed by atoms with Gasteiger partial charge in [0.05, 0.1) is 0 Å². The van der Waals surface area contributed by atoms with Crippen LogP contribution < -0.4 is 5.73 Å². The molecule has 1 aromatic heterocycles. The second-order valence-corrected chi connectivity index (χ2v) is 3.79. The van der Waals surface area contributed by atoms with Crippen LogP contribution in [-0.4, -0.2) is 16.5 Å². The van der Waals surface area contributed by atoms with Crippen LogP contribution in [0.5, 0.6) is 0 Å². The van der Waals surface area contributed by atoms with Crippen molar-refractivity contribution >= 4 is 12.4 Å². The summed E-state index contributed by atoms with van der Waals surface area (Å²) in [6, 6.07) is 8.33. The molecule has 0 aliphatic carbocycles. The Morgan fingerprint density at radius 2 is 1.59 bits per heavy atom. The number of nitrogens with two attached hydrogens (primary N) is 1. The molecular formula is C13H16ClN3. The molecule has 0 saturated carbocycles. The van der Waals surface area contributed by atoms with E-state index in [1.54, 1.807) is 0 Å². The third-order valence-electron chi connectivity index (χ3n) is 2.46. The maximum absolute atomic E-state index is 5.45. The molecule has 4 heteroatoms. The zero-order valence-electron chi connectivity index (χ0n) is 9.76. The maximum atomic E-state index is 5.45. The topological polar surface area (TPSA) is 51.8 Å². The molecule has 0 fully saturated rings. The van der Waals surface area contributed by atoms with Gasteiger partial charge < -0.3 is 5.73 Å². The Morgan fingerprint density at radius 1 is 1.00 bits per heavy atom. The van der Waals surface area contributed by atoms with Crippen molar-refractivity contribution in [1.82, 2.24) is 9.97 Å². The van der Waals surface area contributed by atoms with Gasteiger partial charge in [-0.2, -0.15) is 0 Å². The normalized spacial score (nSPS) is 9.76. The first-order valence-electron chi connectivity index (χ1n) is 5.37. The van der Waals surface area contributed by atoms with Crippen LogP contribution in [0.1, 0.15) is 11.4 Å². The van der Waals surface area contributed by atoms with E-state index < -0.39 is 0 Å². The molecule has 1 aromatic carbocycles. The Balaban J connectivity index is 0.00000144. The van der Waals surface area contributed by atoms with Crippen molar-refractivity contribution in [3.8, 4) is 11.1 Å². The molecule has 0 radical (unpaired) electrons. The summed E-state index contributed by atoms with van der Waals surface area (Å²) in [6.07, 6.45) is 4.43. The molecule has 0 spiro atoms. The number of rotatable bonds is 3. The minimum absolute atomic E-state index is 0. The van der Waals surface area contributed by atoms with Gasteiger partial charge >= 0.3 is 0 Å². The monoisotopic (exact) mass is 249 g/mol. The zero-order chi connectivity index (χ0) is 11.4. The van der Waals surface area contributed by atoms with Crippen molar-refractivity contribution in [2.24, 2.45) is 5.73 Å². The average Bonchev–Trinajstić information content (AvgIpc) is 2.32. The van der Waals surface area contributed by atoms with Crippen molar-refractivity contribution in [2.45, 2.75) is 13.3 Å². The minimum Gasteiger partial charge on any atom is -0.330 e. The average molecular weight is 250 g/mol. The van der Waals surface area contributed by atoms with Crippen LogP contribution in [0.15, 0.2) is 36.7 Å². The second-order valence-electron chi connectivity index (χ2n) is 3.79. The molecule has 0 bridgehead atoms. The predicted molar refractivity (Wildman–Crippen MR) is 72.2 cm³/mol. The Bertz CT molecular complexity index is 451. The van der Waals surface area contributed by atoms with Crippen LogP contribution in [0.25, 0.3) is 11.1 Å². The number of aryl methyl sites for hydroxylation is 1. The van der Waals surface area contributed by atoms with Gasteiger partial charge in [0.25, 0.3) is 0 Å². The lowest BCUT2D eigenvalue weighted by atomic mass is 10.1. The smallest absolute Gasteiger partial charge is 0.129 e. The zero-order valence-corrected chi connectivity index (χ0v) is 10.6. The number of benzene rings is 1. The Hall–Kier alpha value is -1.45. The molecule has 0 saturated heterocycles. The lowest BCUT2D eigenvalue weighted by molar-refractivity contribution is 0.868. The lowest BCUT2D eigenvalue weighted by Crippen LogP contribution is -2.06. The van der Waals surface area contributed by atoms with Crippen LogP contribution in [0.4, 0.5) is 0 Å². The van der Waals surface area contributed by atoms with Crippen molar-refractivity contribution < 1.29 is 0 Å². The number of hydrogen-bond donors (Lipinski definition) is 1. The van der Waals surface area contributed by atoms with Gasteiger partial charge in [-0.1, -0.05) is 29.8 Å². The molecule has 3 nitrogen and oxygen atoms in total. The second kappa shape index (κ2) is 6.33. The van der Waals surface area contributed by atoms with Crippen molar-refractivity contribution in [1.29, 1.82) is 0 Å². The summed E-state index contributed by atoms with van der Waals surface area (Å²) in [7, 11) is 0. The highest BCUT2D eigenvalue weighted by atomic mass is 35.5. The summed E-state index contributed by atoms with van der Waals surface area (Å²) in [5, 5.41) is 0. The van der Waals surface area contributed by atoms with E-state index in [9.17, 15) is 0 Å². The van der Waals surface area contributed by atoms with Crippen LogP contribution in [-0.2, 0) is 6.42 Å². The van der Waals surface area contributed by atoms with Crippen molar-refractivity contribution in [3.05, 3.63) is 48.0 Å². The van der Waals surface area contributed by atoms with E-state index in [0.717, 1.165) is 23.4 Å². The van der Waals surface area contributed by atoms with Gasteiger partial charge in [-0.15, -0.1) is 12.4 Å². The third-order valence-corrected chi connectivity index (χ3v) is 2.46. The fourth-order valence-corrected chi connectivity index (χ4v) is 1.51. The SMILES string of the molecule is Cc1ccc(-c2cnc(CCN)nc2)cc1.Cl. The van der Waals surface area contributed by atoms with Gasteiger partial charge in [-0.05, 0) is 19.0 Å². The van der Waals surface area contributed by atoms with E-state index in [2.05, 4.69) is 41.2 Å². The summed E-state index contributed by atoms with van der Waals surface area (Å²) in [6.45, 7) is 2.66. The van der Waals surface area contributed by atoms with Gasteiger partial charge in [0.1, 0.15) is 5.82 Å². The van der Waals surface area contributed by atoms with Crippen LogP contribution in [0.2, 0.25) is 0 Å². The molecule has 2 N–H and O–H groups in total. The molecule has 0 unspecified atom stereocenters. The Morgan fingerprint density at radius 3 is 2.12 bits per heavy atom. The van der Waals surface area contributed by atoms with E-state index in [1.807, 2.05) is 12.4 Å². The molecule has 17 heavy (non-hydrogen) atoms. The first-order valence-corrected chi connectivity index (χ1v) is 5.37. The number of nitrogens with zero attached hydrogens (tertiary/aromatic N) is 2. The van der Waals surface area contributed by atoms with Crippen LogP contribution >= 0.6 is 12.4 Å². The van der Waals surface area contributed by atoms with E-state index in [0.29, 0.717) is 6.54 Å². The highest BCUT2D eigenvalue weighted by Gasteiger charge is 1.99. The molecule has 2 rings (SSSR count). The highest BCUT2D eigenvalue weighted by Crippen LogP contribution is 2.17. The Kier molecular flexibility index (Phi) is 5.07. The minimum atomic E-state index is 0. The fraction of sp³-hybridized carbons (Fsp3) is 0.231. The quantitative estimate of drug-likeness (QED) is 0.909. The van der Waals surface area contributed by atoms with Crippen LogP contribution in [0, 0.1) is 6.92 Å². The maximum Gasteiger partial charge on any atom is 0.129 e. The summed E-state index contributed by atoms with van der Waals surface area (Å²) >= 11 is 0. The lowest BCUT2D eigenvalue weighted by Gasteiger charge is -2.02. The predicted octanol–water partition coefficient (Wildman–Crippen LogP) is 2.38. The van der Waals surface area contributed by atoms with Crippen molar-refractivity contribution in [2.75, 3.05) is 6.54 Å². The van der Waals surface area contributed by atoms with E-state index >= 15 is 0 Å². The number of aromatic nitrogens is 2. The van der Waals surface area contributed by atoms with Gasteiger partial charge in [0.15, 0.2) is 0 Å². The largest absolute Gasteiger partial charge is 0.330 e. The summed E-state index contributed by atoms with van der Waals surface area (Å²) in [4.78, 5) is 8.55. The number of hydrogen-bond acceptors (Lipinski definition) is 3. The summed E-state index contributed by atoms with van der Waals surface area (Å²) < 4.78 is 0. The fourth-order valence-electron chi connectivity index (χ4n) is 1.51. The standard InChI is InChI=1S/C13H15N3.ClH/c1-10-2-4-11(5-3-10)12-8-15-13(6-7-14)16-9-12;/h2-5,8-9H,6-7,14H2,1H3;1H.